The van der Waals surface area contributed by atoms with E-state index < -0.39 is 0 Å². The highest BCUT2D eigenvalue weighted by atomic mass is 16.1. The maximum Gasteiger partial charge on any atom is 0.252 e. The second-order valence-electron chi connectivity index (χ2n) is 6.69. The lowest BCUT2D eigenvalue weighted by molar-refractivity contribution is 0.240. The van der Waals surface area contributed by atoms with Crippen LogP contribution in [0.4, 0.5) is 5.69 Å². The van der Waals surface area contributed by atoms with Crippen LogP contribution in [0.2, 0.25) is 0 Å². The van der Waals surface area contributed by atoms with E-state index in [1.165, 1.54) is 36.9 Å². The molecular weight excluding hydrogens is 272 g/mol. The van der Waals surface area contributed by atoms with Gasteiger partial charge < -0.3 is 9.88 Å². The van der Waals surface area contributed by atoms with Crippen LogP contribution in [0.15, 0.2) is 47.3 Å². The number of hydrogen-bond acceptors (Lipinski definition) is 2. The standard InChI is InChI=1S/C19H22N2O/c22-19-11-17(20-12-14-5-2-1-3-6-14)10-18-16-8-4-7-15(9-16)13-21(18)19/h1-3,5-6,10-11,15-16,20H,4,7-9,12-13H2/t15?,16-/m1/s1. The van der Waals surface area contributed by atoms with Gasteiger partial charge in [-0.2, -0.15) is 0 Å². The van der Waals surface area contributed by atoms with Gasteiger partial charge in [0.1, 0.15) is 0 Å². The normalized spacial score (nSPS) is 22.9. The SMILES string of the molecule is O=c1cc(NCc2ccccc2)cc2n1CC1CCC[C@@H]2C1. The molecule has 0 radical (unpaired) electrons. The first-order valence-corrected chi connectivity index (χ1v) is 8.32. The van der Waals surface area contributed by atoms with Gasteiger partial charge >= 0.3 is 0 Å². The van der Waals surface area contributed by atoms with Crippen LogP contribution in [0.25, 0.3) is 0 Å². The van der Waals surface area contributed by atoms with Gasteiger partial charge in [0.05, 0.1) is 0 Å². The van der Waals surface area contributed by atoms with Gasteiger partial charge in [-0.05, 0) is 42.7 Å². The van der Waals surface area contributed by atoms with Crippen molar-refractivity contribution in [1.29, 1.82) is 0 Å². The van der Waals surface area contributed by atoms with Crippen molar-refractivity contribution in [2.24, 2.45) is 5.92 Å². The number of rotatable bonds is 3. The number of fused-ring (bicyclic) bond motifs is 4. The molecule has 4 rings (SSSR count). The average molecular weight is 294 g/mol. The minimum absolute atomic E-state index is 0.157. The summed E-state index contributed by atoms with van der Waals surface area (Å²) in [4.78, 5) is 12.5. The number of pyridine rings is 1. The summed E-state index contributed by atoms with van der Waals surface area (Å²) < 4.78 is 2.02. The molecule has 1 N–H and O–H groups in total. The molecule has 2 heterocycles. The number of benzene rings is 1. The molecule has 2 bridgehead atoms. The number of hydrogen-bond donors (Lipinski definition) is 1. The van der Waals surface area contributed by atoms with E-state index in [0.29, 0.717) is 11.8 Å². The fourth-order valence-electron chi connectivity index (χ4n) is 4.04. The molecule has 3 heteroatoms. The van der Waals surface area contributed by atoms with Crippen molar-refractivity contribution < 1.29 is 0 Å². The van der Waals surface area contributed by atoms with E-state index >= 15 is 0 Å². The molecule has 1 fully saturated rings. The Morgan fingerprint density at radius 3 is 2.86 bits per heavy atom. The van der Waals surface area contributed by atoms with Crippen molar-refractivity contribution in [2.75, 3.05) is 5.32 Å². The zero-order valence-corrected chi connectivity index (χ0v) is 12.8. The summed E-state index contributed by atoms with van der Waals surface area (Å²) in [6, 6.07) is 14.3. The van der Waals surface area contributed by atoms with Crippen LogP contribution >= 0.6 is 0 Å². The third-order valence-electron chi connectivity index (χ3n) is 5.14. The Kier molecular flexibility index (Phi) is 3.49. The van der Waals surface area contributed by atoms with Crippen LogP contribution in [0, 0.1) is 5.92 Å². The number of nitrogens with zero attached hydrogens (tertiary/aromatic N) is 1. The highest BCUT2D eigenvalue weighted by Gasteiger charge is 2.31. The fourth-order valence-corrected chi connectivity index (χ4v) is 4.04. The third-order valence-corrected chi connectivity index (χ3v) is 5.14. The minimum Gasteiger partial charge on any atom is -0.381 e. The second kappa shape index (κ2) is 5.64. The van der Waals surface area contributed by atoms with E-state index in [-0.39, 0.29) is 5.56 Å². The van der Waals surface area contributed by atoms with Crippen molar-refractivity contribution in [2.45, 2.75) is 44.7 Å². The van der Waals surface area contributed by atoms with Crippen molar-refractivity contribution in [3.63, 3.8) is 0 Å². The van der Waals surface area contributed by atoms with Gasteiger partial charge in [0.25, 0.3) is 5.56 Å². The molecule has 1 unspecified atom stereocenters. The smallest absolute Gasteiger partial charge is 0.252 e. The predicted molar refractivity (Wildman–Crippen MR) is 89.2 cm³/mol. The Hall–Kier alpha value is -2.03. The molecule has 0 amide bonds. The fraction of sp³-hybridized carbons (Fsp3) is 0.421. The van der Waals surface area contributed by atoms with E-state index in [9.17, 15) is 4.79 Å². The van der Waals surface area contributed by atoms with Gasteiger partial charge in [-0.25, -0.2) is 0 Å². The molecule has 0 saturated heterocycles. The van der Waals surface area contributed by atoms with E-state index in [4.69, 9.17) is 0 Å². The second-order valence-corrected chi connectivity index (χ2v) is 6.69. The molecule has 3 nitrogen and oxygen atoms in total. The van der Waals surface area contributed by atoms with Crippen molar-refractivity contribution >= 4 is 5.69 Å². The van der Waals surface area contributed by atoms with Gasteiger partial charge in [-0.15, -0.1) is 0 Å². The maximum absolute atomic E-state index is 12.5. The summed E-state index contributed by atoms with van der Waals surface area (Å²) >= 11 is 0. The van der Waals surface area contributed by atoms with Crippen LogP contribution < -0.4 is 10.9 Å². The summed E-state index contributed by atoms with van der Waals surface area (Å²) in [5, 5.41) is 3.41. The molecule has 114 valence electrons. The summed E-state index contributed by atoms with van der Waals surface area (Å²) in [6.07, 6.45) is 5.10. The summed E-state index contributed by atoms with van der Waals surface area (Å²) in [7, 11) is 0. The first-order chi connectivity index (χ1) is 10.8. The van der Waals surface area contributed by atoms with Crippen LogP contribution in [-0.4, -0.2) is 4.57 Å². The Morgan fingerprint density at radius 2 is 2.00 bits per heavy atom. The van der Waals surface area contributed by atoms with Crippen LogP contribution in [0.5, 0.6) is 0 Å². The van der Waals surface area contributed by atoms with Crippen LogP contribution in [0.3, 0.4) is 0 Å². The Balaban J connectivity index is 1.60. The van der Waals surface area contributed by atoms with Crippen molar-refractivity contribution in [3.05, 3.63) is 64.1 Å². The molecule has 2 aliphatic rings. The molecule has 1 aromatic carbocycles. The zero-order chi connectivity index (χ0) is 14.9. The first-order valence-electron chi connectivity index (χ1n) is 8.32. The quantitative estimate of drug-likeness (QED) is 0.935. The lowest BCUT2D eigenvalue weighted by Crippen LogP contribution is -2.35. The zero-order valence-electron chi connectivity index (χ0n) is 12.8. The maximum atomic E-state index is 12.5. The predicted octanol–water partition coefficient (Wildman–Crippen LogP) is 3.75. The summed E-state index contributed by atoms with van der Waals surface area (Å²) in [6.45, 7) is 1.68. The van der Waals surface area contributed by atoms with Crippen molar-refractivity contribution in [3.8, 4) is 0 Å². The van der Waals surface area contributed by atoms with Crippen LogP contribution in [0.1, 0.15) is 42.9 Å². The molecular formula is C19H22N2O. The average Bonchev–Trinajstić information content (AvgIpc) is 2.55. The number of anilines is 1. The minimum atomic E-state index is 0.157. The molecule has 0 spiro atoms. The highest BCUT2D eigenvalue weighted by Crippen LogP contribution is 2.40. The molecule has 1 aliphatic carbocycles. The third kappa shape index (κ3) is 2.56. The van der Waals surface area contributed by atoms with Gasteiger partial charge in [-0.3, -0.25) is 4.79 Å². The molecule has 22 heavy (non-hydrogen) atoms. The molecule has 1 aromatic heterocycles. The molecule has 2 atom stereocenters. The highest BCUT2D eigenvalue weighted by molar-refractivity contribution is 5.45. The van der Waals surface area contributed by atoms with E-state index in [1.807, 2.05) is 22.8 Å². The topological polar surface area (TPSA) is 34.0 Å². The number of aromatic nitrogens is 1. The van der Waals surface area contributed by atoms with Gasteiger partial charge in [0.15, 0.2) is 0 Å². The monoisotopic (exact) mass is 294 g/mol. The van der Waals surface area contributed by atoms with Crippen molar-refractivity contribution in [1.82, 2.24) is 4.57 Å². The Morgan fingerprint density at radius 1 is 1.14 bits per heavy atom. The van der Waals surface area contributed by atoms with Crippen LogP contribution in [-0.2, 0) is 13.1 Å². The van der Waals surface area contributed by atoms with E-state index in [1.54, 1.807) is 6.07 Å². The van der Waals surface area contributed by atoms with Gasteiger partial charge in [0.2, 0.25) is 0 Å². The molecule has 2 aromatic rings. The molecule has 1 saturated carbocycles. The first kappa shape index (κ1) is 13.6. The number of nitrogens with one attached hydrogen (secondary N) is 1. The molecule has 1 aliphatic heterocycles. The van der Waals surface area contributed by atoms with Gasteiger partial charge in [-0.1, -0.05) is 36.8 Å². The largest absolute Gasteiger partial charge is 0.381 e. The van der Waals surface area contributed by atoms with E-state index in [0.717, 1.165) is 18.8 Å². The van der Waals surface area contributed by atoms with E-state index in [2.05, 4.69) is 23.5 Å². The Bertz CT molecular complexity index is 720. The lowest BCUT2D eigenvalue weighted by Gasteiger charge is -2.37. The summed E-state index contributed by atoms with van der Waals surface area (Å²) in [5.41, 5.74) is 3.60. The summed E-state index contributed by atoms with van der Waals surface area (Å²) in [5.74, 6) is 1.30. The Labute approximate surface area is 131 Å². The van der Waals surface area contributed by atoms with Gasteiger partial charge in [0, 0.05) is 30.5 Å². The lowest BCUT2D eigenvalue weighted by atomic mass is 9.77.